The van der Waals surface area contributed by atoms with Gasteiger partial charge in [-0.1, -0.05) is 0 Å². The van der Waals surface area contributed by atoms with E-state index in [1.54, 1.807) is 6.07 Å². The summed E-state index contributed by atoms with van der Waals surface area (Å²) < 4.78 is 25.2. The maximum atomic E-state index is 12.2. The van der Waals surface area contributed by atoms with Crippen LogP contribution in [-0.4, -0.2) is 41.4 Å². The Balaban J connectivity index is 3.24. The van der Waals surface area contributed by atoms with Crippen LogP contribution in [0.5, 0.6) is 0 Å². The predicted octanol–water partition coefficient (Wildman–Crippen LogP) is 0.437. The van der Waals surface area contributed by atoms with Gasteiger partial charge in [0.1, 0.15) is 22.2 Å². The number of sulfonamides is 1. The fourth-order valence-electron chi connectivity index (χ4n) is 1.19. The second kappa shape index (κ2) is 4.95. The number of aromatic nitrogens is 1. The third-order valence-electron chi connectivity index (χ3n) is 2.82. The van der Waals surface area contributed by atoms with Crippen molar-refractivity contribution in [3.05, 3.63) is 24.0 Å². The number of likely N-dealkylation sites (N-methyl/N-ethyl adjacent to an activating group) is 1. The van der Waals surface area contributed by atoms with Gasteiger partial charge in [-0.3, -0.25) is 4.79 Å². The molecule has 0 bridgehead atoms. The number of aliphatic carboxylic acids is 1. The molecule has 19 heavy (non-hydrogen) atoms. The van der Waals surface area contributed by atoms with Crippen molar-refractivity contribution in [3.63, 3.8) is 0 Å². The van der Waals surface area contributed by atoms with Crippen molar-refractivity contribution in [2.75, 3.05) is 7.05 Å². The van der Waals surface area contributed by atoms with Crippen LogP contribution in [0.25, 0.3) is 0 Å². The molecule has 0 unspecified atom stereocenters. The molecular formula is C11H13N3O4S. The Kier molecular flexibility index (Phi) is 3.93. The highest BCUT2D eigenvalue weighted by atomic mass is 32.2. The first-order valence-electron chi connectivity index (χ1n) is 5.22. The average molecular weight is 283 g/mol. The maximum Gasteiger partial charge on any atom is 0.324 e. The van der Waals surface area contributed by atoms with E-state index in [1.165, 1.54) is 33.0 Å². The van der Waals surface area contributed by atoms with Crippen LogP contribution < -0.4 is 0 Å². The quantitative estimate of drug-likeness (QED) is 0.858. The van der Waals surface area contributed by atoms with Crippen LogP contribution in [0.3, 0.4) is 0 Å². The normalized spacial score (nSPS) is 12.2. The molecule has 0 amide bonds. The molecule has 0 aliphatic heterocycles. The second-order valence-corrected chi connectivity index (χ2v) is 6.30. The van der Waals surface area contributed by atoms with E-state index in [0.29, 0.717) is 0 Å². The lowest BCUT2D eigenvalue weighted by atomic mass is 10.1. The first-order valence-corrected chi connectivity index (χ1v) is 6.66. The van der Waals surface area contributed by atoms with E-state index in [9.17, 15) is 13.2 Å². The third-order valence-corrected chi connectivity index (χ3v) is 4.83. The van der Waals surface area contributed by atoms with Crippen molar-refractivity contribution in [2.24, 2.45) is 0 Å². The molecule has 1 rings (SSSR count). The summed E-state index contributed by atoms with van der Waals surface area (Å²) in [6, 6.07) is 4.25. The fourth-order valence-corrected chi connectivity index (χ4v) is 2.61. The zero-order valence-electron chi connectivity index (χ0n) is 10.7. The Morgan fingerprint density at radius 2 is 2.05 bits per heavy atom. The van der Waals surface area contributed by atoms with Gasteiger partial charge in [-0.25, -0.2) is 13.4 Å². The maximum absolute atomic E-state index is 12.2. The molecule has 1 N–H and O–H groups in total. The summed E-state index contributed by atoms with van der Waals surface area (Å²) in [4.78, 5) is 14.6. The summed E-state index contributed by atoms with van der Waals surface area (Å²) >= 11 is 0. The van der Waals surface area contributed by atoms with Gasteiger partial charge in [0.25, 0.3) is 0 Å². The van der Waals surface area contributed by atoms with Crippen molar-refractivity contribution in [1.29, 1.82) is 5.26 Å². The standard InChI is InChI=1S/C11H13N3O4S/c1-11(2,10(15)16)14(3)19(17,18)9-5-4-8(6-12)13-7-9/h4-5,7H,1-3H3,(H,15,16). The SMILES string of the molecule is CN(C(C)(C)C(=O)O)S(=O)(=O)c1ccc(C#N)nc1. The Morgan fingerprint density at radius 3 is 2.42 bits per heavy atom. The predicted molar refractivity (Wildman–Crippen MR) is 65.6 cm³/mol. The number of rotatable bonds is 4. The number of nitrogens with zero attached hydrogens (tertiary/aromatic N) is 3. The highest BCUT2D eigenvalue weighted by molar-refractivity contribution is 7.89. The summed E-state index contributed by atoms with van der Waals surface area (Å²) in [6.07, 6.45) is 1.03. The van der Waals surface area contributed by atoms with Crippen LogP contribution in [0.2, 0.25) is 0 Å². The first kappa shape index (κ1) is 15.1. The Hall–Kier alpha value is -1.98. The van der Waals surface area contributed by atoms with Crippen molar-refractivity contribution in [1.82, 2.24) is 9.29 Å². The smallest absolute Gasteiger partial charge is 0.324 e. The lowest BCUT2D eigenvalue weighted by Crippen LogP contribution is -2.50. The highest BCUT2D eigenvalue weighted by Crippen LogP contribution is 2.22. The van der Waals surface area contributed by atoms with Crippen molar-refractivity contribution in [2.45, 2.75) is 24.3 Å². The topological polar surface area (TPSA) is 111 Å². The lowest BCUT2D eigenvalue weighted by molar-refractivity contribution is -0.145. The van der Waals surface area contributed by atoms with E-state index in [1.807, 2.05) is 0 Å². The number of carboxylic acid groups (broad SMARTS) is 1. The molecule has 0 aliphatic rings. The molecule has 0 saturated heterocycles. The Morgan fingerprint density at radius 1 is 1.47 bits per heavy atom. The number of carboxylic acids is 1. The van der Waals surface area contributed by atoms with Crippen molar-refractivity contribution >= 4 is 16.0 Å². The lowest BCUT2D eigenvalue weighted by Gasteiger charge is -2.30. The van der Waals surface area contributed by atoms with Crippen LogP contribution in [0.15, 0.2) is 23.2 Å². The molecule has 0 saturated carbocycles. The zero-order chi connectivity index (χ0) is 14.8. The Bertz CT molecular complexity index is 629. The largest absolute Gasteiger partial charge is 0.480 e. The number of hydrogen-bond donors (Lipinski definition) is 1. The molecule has 0 atom stereocenters. The van der Waals surface area contributed by atoms with E-state index < -0.39 is 21.5 Å². The van der Waals surface area contributed by atoms with Crippen LogP contribution in [0, 0.1) is 11.3 Å². The molecular weight excluding hydrogens is 270 g/mol. The van der Waals surface area contributed by atoms with E-state index >= 15 is 0 Å². The first-order chi connectivity index (χ1) is 8.64. The minimum atomic E-state index is -3.99. The van der Waals surface area contributed by atoms with Gasteiger partial charge in [0.2, 0.25) is 10.0 Å². The Labute approximate surface area is 111 Å². The molecule has 102 valence electrons. The van der Waals surface area contributed by atoms with Gasteiger partial charge in [-0.05, 0) is 26.0 Å². The van der Waals surface area contributed by atoms with Crippen LogP contribution in [-0.2, 0) is 14.8 Å². The highest BCUT2D eigenvalue weighted by Gasteiger charge is 2.40. The summed E-state index contributed by atoms with van der Waals surface area (Å²) in [6.45, 7) is 2.56. The minimum Gasteiger partial charge on any atom is -0.480 e. The summed E-state index contributed by atoms with van der Waals surface area (Å²) in [7, 11) is -2.80. The van der Waals surface area contributed by atoms with Crippen LogP contribution >= 0.6 is 0 Å². The molecule has 8 heteroatoms. The second-order valence-electron chi connectivity index (χ2n) is 4.33. The molecule has 0 radical (unpaired) electrons. The summed E-state index contributed by atoms with van der Waals surface area (Å²) in [5, 5.41) is 17.6. The number of nitriles is 1. The van der Waals surface area contributed by atoms with Crippen molar-refractivity contribution < 1.29 is 18.3 Å². The van der Waals surface area contributed by atoms with Gasteiger partial charge in [-0.15, -0.1) is 0 Å². The van der Waals surface area contributed by atoms with Gasteiger partial charge in [-0.2, -0.15) is 9.57 Å². The van der Waals surface area contributed by atoms with Crippen LogP contribution in [0.4, 0.5) is 0 Å². The summed E-state index contributed by atoms with van der Waals surface area (Å²) in [5.41, 5.74) is -1.51. The molecule has 1 aromatic rings. The number of carbonyl (C=O) groups is 1. The van der Waals surface area contributed by atoms with E-state index in [0.717, 1.165) is 10.5 Å². The van der Waals surface area contributed by atoms with Gasteiger partial charge in [0.05, 0.1) is 0 Å². The molecule has 0 aliphatic carbocycles. The van der Waals surface area contributed by atoms with E-state index in [2.05, 4.69) is 4.98 Å². The molecule has 0 aromatic carbocycles. The molecule has 0 spiro atoms. The van der Waals surface area contributed by atoms with Gasteiger partial charge in [0, 0.05) is 13.2 Å². The fraction of sp³-hybridized carbons (Fsp3) is 0.364. The number of pyridine rings is 1. The monoisotopic (exact) mass is 283 g/mol. The molecule has 1 heterocycles. The molecule has 7 nitrogen and oxygen atoms in total. The molecule has 0 fully saturated rings. The minimum absolute atomic E-state index is 0.0825. The van der Waals surface area contributed by atoms with Crippen LogP contribution in [0.1, 0.15) is 19.5 Å². The van der Waals surface area contributed by atoms with E-state index in [-0.39, 0.29) is 10.6 Å². The zero-order valence-corrected chi connectivity index (χ0v) is 11.5. The van der Waals surface area contributed by atoms with E-state index in [4.69, 9.17) is 10.4 Å². The average Bonchev–Trinajstić information content (AvgIpc) is 2.37. The van der Waals surface area contributed by atoms with Crippen molar-refractivity contribution in [3.8, 4) is 6.07 Å². The summed E-state index contributed by atoms with van der Waals surface area (Å²) in [5.74, 6) is -1.26. The van der Waals surface area contributed by atoms with Gasteiger partial charge >= 0.3 is 5.97 Å². The molecule has 1 aromatic heterocycles. The third kappa shape index (κ3) is 2.72. The van der Waals surface area contributed by atoms with Gasteiger partial charge in [0.15, 0.2) is 0 Å². The number of hydrogen-bond acceptors (Lipinski definition) is 5. The van der Waals surface area contributed by atoms with Gasteiger partial charge < -0.3 is 5.11 Å².